The maximum Gasteiger partial charge on any atom is 0.475 e. The summed E-state index contributed by atoms with van der Waals surface area (Å²) in [5.74, 6) is -1.29. The van der Waals surface area contributed by atoms with Crippen molar-refractivity contribution >= 4 is 19.1 Å². The van der Waals surface area contributed by atoms with Gasteiger partial charge < -0.3 is 29.7 Å². The third-order valence-electron chi connectivity index (χ3n) is 8.50. The van der Waals surface area contributed by atoms with Gasteiger partial charge in [-0.3, -0.25) is 9.69 Å². The molecular weight excluding hydrogens is 511 g/mol. The van der Waals surface area contributed by atoms with Crippen molar-refractivity contribution in [1.29, 1.82) is 5.26 Å². The standard InChI is InChI=1S/C29H41BN4O6/c1-27(2,33-14-15-40-28(3,4)19-33)17-22(18-31)25(35)34-23-10-12-29(34,13-11-23)20-39-26(36)32-24(30(37)38)16-21-8-6-5-7-9-21/h5-9,17,23-24,37-38H,10-16,19-20H2,1-4H3,(H,32,36). The monoisotopic (exact) mass is 552 g/mol. The van der Waals surface area contributed by atoms with Gasteiger partial charge in [-0.1, -0.05) is 30.3 Å². The van der Waals surface area contributed by atoms with Crippen molar-refractivity contribution in [3.05, 3.63) is 47.5 Å². The van der Waals surface area contributed by atoms with Crippen LogP contribution >= 0.6 is 0 Å². The molecule has 0 aliphatic carbocycles. The van der Waals surface area contributed by atoms with Gasteiger partial charge in [0.2, 0.25) is 0 Å². The molecule has 11 heteroatoms. The fourth-order valence-corrected chi connectivity index (χ4v) is 6.34. The van der Waals surface area contributed by atoms with Gasteiger partial charge in [-0.2, -0.15) is 5.26 Å². The molecule has 216 valence electrons. The largest absolute Gasteiger partial charge is 0.475 e. The lowest BCUT2D eigenvalue weighted by Gasteiger charge is -2.45. The van der Waals surface area contributed by atoms with Crippen LogP contribution in [0.15, 0.2) is 42.0 Å². The Morgan fingerprint density at radius 3 is 2.55 bits per heavy atom. The molecule has 0 spiro atoms. The van der Waals surface area contributed by atoms with Gasteiger partial charge in [-0.05, 0) is 71.4 Å². The highest BCUT2D eigenvalue weighted by molar-refractivity contribution is 6.43. The van der Waals surface area contributed by atoms with Crippen molar-refractivity contribution in [3.63, 3.8) is 0 Å². The molecule has 3 heterocycles. The topological polar surface area (TPSA) is 135 Å². The Balaban J connectivity index is 1.43. The normalized spacial score (nSPS) is 25.3. The number of hydrogen-bond donors (Lipinski definition) is 3. The van der Waals surface area contributed by atoms with Gasteiger partial charge in [-0.25, -0.2) is 4.79 Å². The number of alkyl carbamates (subject to hydrolysis) is 1. The molecular formula is C29H41BN4O6. The van der Waals surface area contributed by atoms with E-state index in [1.165, 1.54) is 0 Å². The summed E-state index contributed by atoms with van der Waals surface area (Å²) in [6.45, 7) is 10.00. The van der Waals surface area contributed by atoms with E-state index < -0.39 is 30.2 Å². The first kappa shape index (κ1) is 30.1. The zero-order chi connectivity index (χ0) is 29.1. The Bertz CT molecular complexity index is 1140. The van der Waals surface area contributed by atoms with Gasteiger partial charge in [-0.15, -0.1) is 0 Å². The fourth-order valence-electron chi connectivity index (χ4n) is 6.34. The number of morpholine rings is 1. The van der Waals surface area contributed by atoms with Crippen molar-refractivity contribution in [1.82, 2.24) is 15.1 Å². The molecule has 4 rings (SSSR count). The lowest BCUT2D eigenvalue weighted by Crippen LogP contribution is -2.56. The van der Waals surface area contributed by atoms with Crippen LogP contribution in [0.1, 0.15) is 58.9 Å². The third kappa shape index (κ3) is 6.69. The Hall–Kier alpha value is -2.91. The Morgan fingerprint density at radius 1 is 1.27 bits per heavy atom. The van der Waals surface area contributed by atoms with Crippen molar-refractivity contribution in [2.45, 2.75) is 88.5 Å². The summed E-state index contributed by atoms with van der Waals surface area (Å²) in [6.07, 6.45) is 4.10. The van der Waals surface area contributed by atoms with Gasteiger partial charge in [0, 0.05) is 24.7 Å². The second-order valence-electron chi connectivity index (χ2n) is 12.4. The molecule has 3 fully saturated rings. The molecule has 3 aliphatic heterocycles. The number of nitrogens with one attached hydrogen (secondary N) is 1. The molecule has 3 N–H and O–H groups in total. The molecule has 3 saturated heterocycles. The van der Waals surface area contributed by atoms with Crippen molar-refractivity contribution in [2.75, 3.05) is 26.3 Å². The molecule has 2 bridgehead atoms. The number of carbonyl (C=O) groups is 2. The molecule has 40 heavy (non-hydrogen) atoms. The van der Waals surface area contributed by atoms with Gasteiger partial charge in [0.05, 0.1) is 23.7 Å². The van der Waals surface area contributed by atoms with E-state index in [4.69, 9.17) is 9.47 Å². The van der Waals surface area contributed by atoms with E-state index in [0.717, 1.165) is 18.4 Å². The number of benzene rings is 1. The Morgan fingerprint density at radius 2 is 1.95 bits per heavy atom. The molecule has 1 atom stereocenters. The van der Waals surface area contributed by atoms with E-state index in [0.29, 0.717) is 32.5 Å². The average molecular weight is 552 g/mol. The van der Waals surface area contributed by atoms with Crippen LogP contribution in [0.5, 0.6) is 0 Å². The highest BCUT2D eigenvalue weighted by atomic mass is 16.6. The minimum atomic E-state index is -1.77. The summed E-state index contributed by atoms with van der Waals surface area (Å²) in [6, 6.07) is 11.3. The molecule has 1 aromatic rings. The third-order valence-corrected chi connectivity index (χ3v) is 8.50. The fraction of sp³-hybridized carbons (Fsp3) is 0.621. The molecule has 3 aliphatic rings. The minimum absolute atomic E-state index is 0.00793. The maximum atomic E-state index is 13.8. The van der Waals surface area contributed by atoms with Crippen LogP contribution in [0, 0.1) is 11.3 Å². The smallest absolute Gasteiger partial charge is 0.447 e. The number of nitriles is 1. The molecule has 2 amide bonds. The van der Waals surface area contributed by atoms with Gasteiger partial charge in [0.1, 0.15) is 18.2 Å². The SMILES string of the molecule is CC1(C)CN(C(C)(C)C=C(C#N)C(=O)N2C3CCC2(COC(=O)NC(Cc2ccccc2)B(O)O)CC3)CCO1. The molecule has 0 aromatic heterocycles. The first-order chi connectivity index (χ1) is 18.9. The number of carbonyl (C=O) groups excluding carboxylic acids is 2. The van der Waals surface area contributed by atoms with E-state index >= 15 is 0 Å². The Labute approximate surface area is 237 Å². The maximum absolute atomic E-state index is 13.8. The van der Waals surface area contributed by atoms with Gasteiger partial charge >= 0.3 is 13.2 Å². The van der Waals surface area contributed by atoms with Crippen LogP contribution in [0.2, 0.25) is 0 Å². The number of rotatable bonds is 9. The highest BCUT2D eigenvalue weighted by Crippen LogP contribution is 2.47. The molecule has 1 aromatic carbocycles. The number of ether oxygens (including phenoxy) is 2. The van der Waals surface area contributed by atoms with Crippen molar-refractivity contribution < 1.29 is 29.1 Å². The van der Waals surface area contributed by atoms with E-state index in [9.17, 15) is 24.9 Å². The highest BCUT2D eigenvalue weighted by Gasteiger charge is 2.55. The van der Waals surface area contributed by atoms with Crippen LogP contribution in [-0.2, 0) is 20.7 Å². The van der Waals surface area contributed by atoms with Crippen LogP contribution in [0.4, 0.5) is 4.79 Å². The summed E-state index contributed by atoms with van der Waals surface area (Å²) in [5, 5.41) is 32.2. The van der Waals surface area contributed by atoms with E-state index in [1.807, 2.05) is 58.0 Å². The quantitative estimate of drug-likeness (QED) is 0.241. The summed E-state index contributed by atoms with van der Waals surface area (Å²) in [5.41, 5.74) is -0.619. The summed E-state index contributed by atoms with van der Waals surface area (Å²) in [4.78, 5) is 30.5. The first-order valence-electron chi connectivity index (χ1n) is 14.0. The van der Waals surface area contributed by atoms with Crippen LogP contribution in [0.3, 0.4) is 0 Å². The van der Waals surface area contributed by atoms with E-state index in [-0.39, 0.29) is 36.2 Å². The average Bonchev–Trinajstić information content (AvgIpc) is 3.45. The summed E-state index contributed by atoms with van der Waals surface area (Å²) < 4.78 is 11.4. The van der Waals surface area contributed by atoms with E-state index in [2.05, 4.69) is 16.3 Å². The predicted molar refractivity (Wildman–Crippen MR) is 150 cm³/mol. The zero-order valence-electron chi connectivity index (χ0n) is 23.9. The lowest BCUT2D eigenvalue weighted by molar-refractivity contribution is -0.132. The second-order valence-corrected chi connectivity index (χ2v) is 12.4. The number of nitrogens with zero attached hydrogens (tertiary/aromatic N) is 3. The molecule has 10 nitrogen and oxygen atoms in total. The van der Waals surface area contributed by atoms with Crippen LogP contribution < -0.4 is 5.32 Å². The molecule has 1 unspecified atom stereocenters. The second kappa shape index (κ2) is 11.9. The van der Waals surface area contributed by atoms with E-state index in [1.54, 1.807) is 11.0 Å². The summed E-state index contributed by atoms with van der Waals surface area (Å²) >= 11 is 0. The predicted octanol–water partition coefficient (Wildman–Crippen LogP) is 2.20. The number of fused-ring (bicyclic) bond motifs is 2. The minimum Gasteiger partial charge on any atom is -0.447 e. The van der Waals surface area contributed by atoms with Crippen molar-refractivity contribution in [3.8, 4) is 6.07 Å². The lowest BCUT2D eigenvalue weighted by atomic mass is 9.76. The first-order valence-corrected chi connectivity index (χ1v) is 14.0. The Kier molecular flexibility index (Phi) is 8.95. The molecule has 0 radical (unpaired) electrons. The zero-order valence-corrected chi connectivity index (χ0v) is 23.9. The van der Waals surface area contributed by atoms with Crippen LogP contribution in [-0.4, -0.2) is 93.9 Å². The molecule has 0 saturated carbocycles. The van der Waals surface area contributed by atoms with Crippen LogP contribution in [0.25, 0.3) is 0 Å². The van der Waals surface area contributed by atoms with Gasteiger partial charge in [0.15, 0.2) is 0 Å². The summed E-state index contributed by atoms with van der Waals surface area (Å²) in [7, 11) is -1.77. The van der Waals surface area contributed by atoms with Gasteiger partial charge in [0.25, 0.3) is 5.91 Å². The number of hydrogen-bond acceptors (Lipinski definition) is 8. The van der Waals surface area contributed by atoms with Crippen molar-refractivity contribution in [2.24, 2.45) is 0 Å². The number of amides is 2.